The van der Waals surface area contributed by atoms with Gasteiger partial charge in [-0.05, 0) is 56.0 Å². The molecule has 1 aromatic carbocycles. The average molecular weight is 299 g/mol. The summed E-state index contributed by atoms with van der Waals surface area (Å²) in [5, 5.41) is 3.31. The van der Waals surface area contributed by atoms with E-state index >= 15 is 0 Å². The second-order valence-electron chi connectivity index (χ2n) is 5.47. The zero-order chi connectivity index (χ0) is 13.2. The van der Waals surface area contributed by atoms with Crippen molar-refractivity contribution in [1.82, 2.24) is 5.32 Å². The predicted molar refractivity (Wildman–Crippen MR) is 79.9 cm³/mol. The molecule has 0 spiro atoms. The number of amides is 1. The Balaban J connectivity index is 0.00000147. The number of anilines is 1. The molecule has 0 radical (unpaired) electrons. The lowest BCUT2D eigenvalue weighted by molar-refractivity contribution is -0.119. The van der Waals surface area contributed by atoms with Crippen LogP contribution < -0.4 is 10.2 Å². The van der Waals surface area contributed by atoms with Gasteiger partial charge in [-0.1, -0.05) is 6.07 Å². The van der Waals surface area contributed by atoms with Crippen LogP contribution in [0.25, 0.3) is 0 Å². The van der Waals surface area contributed by atoms with Gasteiger partial charge in [0, 0.05) is 18.7 Å². The number of carbonyl (C=O) groups excluding carboxylic acids is 1. The minimum absolute atomic E-state index is 0. The third-order valence-electron chi connectivity index (χ3n) is 4.17. The predicted octanol–water partition coefficient (Wildman–Crippen LogP) is 2.53. The van der Waals surface area contributed by atoms with E-state index in [1.165, 1.54) is 12.1 Å². The number of nitrogens with one attached hydrogen (secondary N) is 1. The van der Waals surface area contributed by atoms with E-state index < -0.39 is 0 Å². The highest BCUT2D eigenvalue weighted by Crippen LogP contribution is 2.30. The first-order valence-electron chi connectivity index (χ1n) is 7.03. The van der Waals surface area contributed by atoms with E-state index in [-0.39, 0.29) is 24.1 Å². The second-order valence-corrected chi connectivity index (χ2v) is 5.47. The van der Waals surface area contributed by atoms with Crippen LogP contribution >= 0.6 is 12.4 Å². The summed E-state index contributed by atoms with van der Waals surface area (Å²) in [4.78, 5) is 14.1. The third kappa shape index (κ3) is 3.13. The first-order chi connectivity index (χ1) is 9.24. The van der Waals surface area contributed by atoms with E-state index in [0.717, 1.165) is 43.6 Å². The van der Waals surface area contributed by atoms with Crippen LogP contribution in [0.5, 0.6) is 0 Å². The second kappa shape index (κ2) is 6.55. The van der Waals surface area contributed by atoms with Crippen LogP contribution in [0.2, 0.25) is 0 Å². The van der Waals surface area contributed by atoms with Crippen molar-refractivity contribution in [1.29, 1.82) is 0 Å². The topological polar surface area (TPSA) is 32.3 Å². The van der Waals surface area contributed by atoms with E-state index in [0.29, 0.717) is 18.9 Å². The fourth-order valence-electron chi connectivity index (χ4n) is 3.05. The van der Waals surface area contributed by atoms with Gasteiger partial charge in [-0.2, -0.15) is 0 Å². The lowest BCUT2D eigenvalue weighted by atomic mass is 9.94. The van der Waals surface area contributed by atoms with E-state index in [1.807, 2.05) is 0 Å². The molecule has 0 aromatic heterocycles. The number of hydrogen-bond acceptors (Lipinski definition) is 2. The molecule has 0 aliphatic carbocycles. The molecule has 1 fully saturated rings. The highest BCUT2D eigenvalue weighted by atomic mass is 35.5. The lowest BCUT2D eigenvalue weighted by Gasteiger charge is -2.25. The SMILES string of the molecule is Cl.O=C(CC1CCNCC1)N1CCc2ccc(F)cc21. The quantitative estimate of drug-likeness (QED) is 0.910. The van der Waals surface area contributed by atoms with Gasteiger partial charge in [-0.15, -0.1) is 12.4 Å². The van der Waals surface area contributed by atoms with E-state index in [4.69, 9.17) is 0 Å². The van der Waals surface area contributed by atoms with Crippen molar-refractivity contribution in [2.75, 3.05) is 24.5 Å². The van der Waals surface area contributed by atoms with Crippen LogP contribution in [0.15, 0.2) is 18.2 Å². The summed E-state index contributed by atoms with van der Waals surface area (Å²) >= 11 is 0. The number of piperidine rings is 1. The monoisotopic (exact) mass is 298 g/mol. The molecule has 1 saturated heterocycles. The first-order valence-corrected chi connectivity index (χ1v) is 7.03. The number of benzene rings is 1. The van der Waals surface area contributed by atoms with Crippen molar-refractivity contribution in [2.24, 2.45) is 5.92 Å². The maximum absolute atomic E-state index is 13.3. The Labute approximate surface area is 124 Å². The molecule has 1 amide bonds. The van der Waals surface area contributed by atoms with Crippen LogP contribution in [0.3, 0.4) is 0 Å². The number of fused-ring (bicyclic) bond motifs is 1. The number of hydrogen-bond donors (Lipinski definition) is 1. The highest BCUT2D eigenvalue weighted by molar-refractivity contribution is 5.95. The molecule has 0 bridgehead atoms. The Kier molecular flexibility index (Phi) is 5.00. The van der Waals surface area contributed by atoms with Crippen molar-refractivity contribution in [2.45, 2.75) is 25.7 Å². The van der Waals surface area contributed by atoms with Gasteiger partial charge in [0.1, 0.15) is 5.82 Å². The molecule has 0 unspecified atom stereocenters. The average Bonchev–Trinajstić information content (AvgIpc) is 2.82. The van der Waals surface area contributed by atoms with Crippen molar-refractivity contribution >= 4 is 24.0 Å². The molecule has 0 saturated carbocycles. The van der Waals surface area contributed by atoms with Crippen molar-refractivity contribution < 1.29 is 9.18 Å². The van der Waals surface area contributed by atoms with E-state index in [1.54, 1.807) is 11.0 Å². The van der Waals surface area contributed by atoms with E-state index in [2.05, 4.69) is 5.32 Å². The molecule has 1 aromatic rings. The van der Waals surface area contributed by atoms with Crippen molar-refractivity contribution in [3.05, 3.63) is 29.6 Å². The Morgan fingerprint density at radius 1 is 1.35 bits per heavy atom. The number of nitrogens with zero attached hydrogens (tertiary/aromatic N) is 1. The first kappa shape index (κ1) is 15.3. The van der Waals surface area contributed by atoms with Gasteiger partial charge in [0.15, 0.2) is 0 Å². The van der Waals surface area contributed by atoms with Gasteiger partial charge in [-0.3, -0.25) is 4.79 Å². The van der Waals surface area contributed by atoms with Gasteiger partial charge in [0.05, 0.1) is 0 Å². The zero-order valence-electron chi connectivity index (χ0n) is 11.4. The smallest absolute Gasteiger partial charge is 0.227 e. The summed E-state index contributed by atoms with van der Waals surface area (Å²) in [7, 11) is 0. The Bertz CT molecular complexity index is 489. The van der Waals surface area contributed by atoms with Crippen molar-refractivity contribution in [3.8, 4) is 0 Å². The molecular weight excluding hydrogens is 279 g/mol. The molecule has 3 rings (SSSR count). The largest absolute Gasteiger partial charge is 0.317 e. The maximum atomic E-state index is 13.3. The van der Waals surface area contributed by atoms with Crippen LogP contribution in [0.4, 0.5) is 10.1 Å². The Morgan fingerprint density at radius 3 is 2.85 bits per heavy atom. The molecule has 3 nitrogen and oxygen atoms in total. The van der Waals surface area contributed by atoms with Crippen molar-refractivity contribution in [3.63, 3.8) is 0 Å². The molecule has 2 heterocycles. The molecule has 1 N–H and O–H groups in total. The minimum atomic E-state index is -0.264. The van der Waals surface area contributed by atoms with Gasteiger partial charge in [0.25, 0.3) is 0 Å². The minimum Gasteiger partial charge on any atom is -0.317 e. The van der Waals surface area contributed by atoms with Gasteiger partial charge < -0.3 is 10.2 Å². The summed E-state index contributed by atoms with van der Waals surface area (Å²) in [6, 6.07) is 4.75. The highest BCUT2D eigenvalue weighted by Gasteiger charge is 2.27. The normalized spacial score (nSPS) is 18.6. The molecule has 2 aliphatic rings. The summed E-state index contributed by atoms with van der Waals surface area (Å²) < 4.78 is 13.3. The van der Waals surface area contributed by atoms with Gasteiger partial charge in [0.2, 0.25) is 5.91 Å². The van der Waals surface area contributed by atoms with Crippen LogP contribution in [-0.2, 0) is 11.2 Å². The summed E-state index contributed by atoms with van der Waals surface area (Å²) in [6.45, 7) is 2.70. The fourth-order valence-corrected chi connectivity index (χ4v) is 3.05. The van der Waals surface area contributed by atoms with Gasteiger partial charge in [-0.25, -0.2) is 4.39 Å². The summed E-state index contributed by atoms with van der Waals surface area (Å²) in [6.07, 6.45) is 3.57. The zero-order valence-corrected chi connectivity index (χ0v) is 12.2. The van der Waals surface area contributed by atoms with Crippen LogP contribution in [-0.4, -0.2) is 25.5 Å². The summed E-state index contributed by atoms with van der Waals surface area (Å²) in [5.74, 6) is 0.364. The number of rotatable bonds is 2. The summed E-state index contributed by atoms with van der Waals surface area (Å²) in [5.41, 5.74) is 1.86. The molecule has 2 aliphatic heterocycles. The molecule has 20 heavy (non-hydrogen) atoms. The third-order valence-corrected chi connectivity index (χ3v) is 4.17. The standard InChI is InChI=1S/C15H19FN2O.ClH/c16-13-2-1-12-5-8-18(14(12)10-13)15(19)9-11-3-6-17-7-4-11;/h1-2,10-11,17H,3-9H2;1H. The molecule has 110 valence electrons. The maximum Gasteiger partial charge on any atom is 0.227 e. The van der Waals surface area contributed by atoms with Gasteiger partial charge >= 0.3 is 0 Å². The lowest BCUT2D eigenvalue weighted by Crippen LogP contribution is -2.34. The molecule has 5 heteroatoms. The van der Waals surface area contributed by atoms with Crippen LogP contribution in [0, 0.1) is 11.7 Å². The molecular formula is C15H20ClFN2O. The Hall–Kier alpha value is -1.13. The molecule has 0 atom stereocenters. The number of carbonyl (C=O) groups is 1. The Morgan fingerprint density at radius 2 is 2.10 bits per heavy atom. The van der Waals surface area contributed by atoms with E-state index in [9.17, 15) is 9.18 Å². The van der Waals surface area contributed by atoms with Crippen LogP contribution in [0.1, 0.15) is 24.8 Å². The fraction of sp³-hybridized carbons (Fsp3) is 0.533. The number of halogens is 2.